The smallest absolute Gasteiger partial charge is 0.303 e. The largest absolute Gasteiger partial charge is 0.493 e. The maximum absolute atomic E-state index is 11.8. The second kappa shape index (κ2) is 6.92. The quantitative estimate of drug-likeness (QED) is 0.769. The molecule has 0 saturated carbocycles. The Labute approximate surface area is 113 Å². The zero-order valence-electron chi connectivity index (χ0n) is 11.6. The van der Waals surface area contributed by atoms with Crippen LogP contribution in [-0.4, -0.2) is 23.5 Å². The molecule has 104 valence electrons. The Bertz CT molecular complexity index is 463. The van der Waals surface area contributed by atoms with Gasteiger partial charge in [-0.15, -0.1) is 0 Å². The molecule has 0 radical (unpaired) electrons. The fourth-order valence-corrected chi connectivity index (χ4v) is 1.66. The number of Topliss-reactive ketones (excluding diaryl/α,β-unsaturated/α-hetero) is 1. The number of aryl methyl sites for hydroxylation is 1. The minimum atomic E-state index is -0.956. The van der Waals surface area contributed by atoms with Crippen molar-refractivity contribution in [2.75, 3.05) is 6.61 Å². The molecule has 0 spiro atoms. The van der Waals surface area contributed by atoms with Gasteiger partial charge in [0.25, 0.3) is 0 Å². The van der Waals surface area contributed by atoms with Crippen LogP contribution < -0.4 is 4.74 Å². The van der Waals surface area contributed by atoms with Crippen LogP contribution in [-0.2, 0) is 4.79 Å². The molecule has 1 N–H and O–H groups in total. The number of ketones is 1. The molecule has 19 heavy (non-hydrogen) atoms. The molecular weight excluding hydrogens is 244 g/mol. The van der Waals surface area contributed by atoms with Crippen molar-refractivity contribution in [3.8, 4) is 5.75 Å². The number of carbonyl (C=O) groups excluding carboxylic acids is 1. The standard InChI is InChI=1S/C15H20O4/c1-10(2)9-19-12-4-5-13(11(3)8-12)14(16)6-7-15(17)18/h4-5,8,10H,6-7,9H2,1-3H3,(H,17,18). The number of hydrogen-bond donors (Lipinski definition) is 1. The van der Waals surface area contributed by atoms with Gasteiger partial charge in [0.1, 0.15) is 5.75 Å². The molecule has 0 aliphatic heterocycles. The predicted molar refractivity (Wildman–Crippen MR) is 72.7 cm³/mol. The third kappa shape index (κ3) is 5.12. The average molecular weight is 264 g/mol. The van der Waals surface area contributed by atoms with E-state index in [4.69, 9.17) is 9.84 Å². The summed E-state index contributed by atoms with van der Waals surface area (Å²) < 4.78 is 5.58. The highest BCUT2D eigenvalue weighted by Gasteiger charge is 2.11. The number of carboxylic acids is 1. The Kier molecular flexibility index (Phi) is 5.55. The summed E-state index contributed by atoms with van der Waals surface area (Å²) in [6, 6.07) is 5.27. The maximum atomic E-state index is 11.8. The van der Waals surface area contributed by atoms with Gasteiger partial charge >= 0.3 is 5.97 Å². The highest BCUT2D eigenvalue weighted by Crippen LogP contribution is 2.19. The van der Waals surface area contributed by atoms with Crippen LogP contribution in [0.5, 0.6) is 5.75 Å². The summed E-state index contributed by atoms with van der Waals surface area (Å²) in [5.74, 6) is 0.0800. The van der Waals surface area contributed by atoms with E-state index in [1.165, 1.54) is 0 Å². The summed E-state index contributed by atoms with van der Waals surface area (Å²) in [6.07, 6.45) is -0.105. The summed E-state index contributed by atoms with van der Waals surface area (Å²) in [7, 11) is 0. The Morgan fingerprint density at radius 1 is 1.26 bits per heavy atom. The van der Waals surface area contributed by atoms with Crippen LogP contribution in [0.1, 0.15) is 42.6 Å². The van der Waals surface area contributed by atoms with Crippen LogP contribution >= 0.6 is 0 Å². The Balaban J connectivity index is 2.71. The fourth-order valence-electron chi connectivity index (χ4n) is 1.66. The van der Waals surface area contributed by atoms with E-state index in [1.54, 1.807) is 12.1 Å². The molecule has 0 fully saturated rings. The lowest BCUT2D eigenvalue weighted by Gasteiger charge is -2.11. The van der Waals surface area contributed by atoms with Crippen molar-refractivity contribution in [3.05, 3.63) is 29.3 Å². The number of hydrogen-bond acceptors (Lipinski definition) is 3. The molecule has 0 aliphatic rings. The van der Waals surface area contributed by atoms with Gasteiger partial charge in [-0.2, -0.15) is 0 Å². The van der Waals surface area contributed by atoms with Gasteiger partial charge < -0.3 is 9.84 Å². The zero-order chi connectivity index (χ0) is 14.4. The summed E-state index contributed by atoms with van der Waals surface area (Å²) in [5.41, 5.74) is 1.38. The van der Waals surface area contributed by atoms with Crippen molar-refractivity contribution < 1.29 is 19.4 Å². The van der Waals surface area contributed by atoms with Crippen molar-refractivity contribution in [1.29, 1.82) is 0 Å². The van der Waals surface area contributed by atoms with Crippen LogP contribution in [0.15, 0.2) is 18.2 Å². The van der Waals surface area contributed by atoms with Crippen molar-refractivity contribution >= 4 is 11.8 Å². The molecule has 0 aliphatic carbocycles. The molecule has 0 bridgehead atoms. The van der Waals surface area contributed by atoms with Crippen LogP contribution in [0, 0.1) is 12.8 Å². The highest BCUT2D eigenvalue weighted by atomic mass is 16.5. The molecule has 0 aromatic heterocycles. The number of ether oxygens (including phenoxy) is 1. The minimum absolute atomic E-state index is 0.0301. The molecule has 1 aromatic carbocycles. The van der Waals surface area contributed by atoms with Crippen molar-refractivity contribution in [2.45, 2.75) is 33.6 Å². The third-order valence-electron chi connectivity index (χ3n) is 2.65. The van der Waals surface area contributed by atoms with Gasteiger partial charge in [0.15, 0.2) is 5.78 Å². The number of aliphatic carboxylic acids is 1. The summed E-state index contributed by atoms with van der Waals surface area (Å²) >= 11 is 0. The lowest BCUT2D eigenvalue weighted by atomic mass is 10.0. The van der Waals surface area contributed by atoms with Crippen molar-refractivity contribution in [3.63, 3.8) is 0 Å². The topological polar surface area (TPSA) is 63.6 Å². The van der Waals surface area contributed by atoms with Gasteiger partial charge in [-0.3, -0.25) is 9.59 Å². The molecule has 1 rings (SSSR count). The molecule has 0 saturated heterocycles. The molecule has 0 unspecified atom stereocenters. The molecule has 1 aromatic rings. The van der Waals surface area contributed by atoms with Crippen LogP contribution in [0.4, 0.5) is 0 Å². The summed E-state index contributed by atoms with van der Waals surface area (Å²) in [5, 5.41) is 8.57. The first-order valence-electron chi connectivity index (χ1n) is 6.38. The first kappa shape index (κ1) is 15.2. The summed E-state index contributed by atoms with van der Waals surface area (Å²) in [6.45, 7) is 6.59. The minimum Gasteiger partial charge on any atom is -0.493 e. The fraction of sp³-hybridized carbons (Fsp3) is 0.467. The number of benzene rings is 1. The van der Waals surface area contributed by atoms with E-state index in [9.17, 15) is 9.59 Å². The van der Waals surface area contributed by atoms with E-state index in [-0.39, 0.29) is 18.6 Å². The second-order valence-electron chi connectivity index (χ2n) is 5.00. The van der Waals surface area contributed by atoms with Gasteiger partial charge in [0, 0.05) is 12.0 Å². The lowest BCUT2D eigenvalue weighted by molar-refractivity contribution is -0.136. The summed E-state index contributed by atoms with van der Waals surface area (Å²) in [4.78, 5) is 22.3. The molecule has 0 heterocycles. The molecule has 0 amide bonds. The van der Waals surface area contributed by atoms with E-state index in [1.807, 2.05) is 13.0 Å². The van der Waals surface area contributed by atoms with Gasteiger partial charge in [-0.05, 0) is 36.6 Å². The Morgan fingerprint density at radius 3 is 2.47 bits per heavy atom. The van der Waals surface area contributed by atoms with E-state index in [0.29, 0.717) is 18.1 Å². The van der Waals surface area contributed by atoms with Crippen molar-refractivity contribution in [2.24, 2.45) is 5.92 Å². The maximum Gasteiger partial charge on any atom is 0.303 e. The van der Waals surface area contributed by atoms with Crippen LogP contribution in [0.2, 0.25) is 0 Å². The number of carboxylic acid groups (broad SMARTS) is 1. The van der Waals surface area contributed by atoms with Crippen LogP contribution in [0.25, 0.3) is 0 Å². The average Bonchev–Trinajstić information content (AvgIpc) is 2.33. The molecule has 4 heteroatoms. The van der Waals surface area contributed by atoms with Crippen molar-refractivity contribution in [1.82, 2.24) is 0 Å². The number of rotatable bonds is 7. The van der Waals surface area contributed by atoms with Gasteiger partial charge in [0.05, 0.1) is 13.0 Å². The zero-order valence-corrected chi connectivity index (χ0v) is 11.6. The van der Waals surface area contributed by atoms with E-state index >= 15 is 0 Å². The van der Waals surface area contributed by atoms with Gasteiger partial charge in [-0.25, -0.2) is 0 Å². The Hall–Kier alpha value is -1.84. The van der Waals surface area contributed by atoms with Crippen LogP contribution in [0.3, 0.4) is 0 Å². The molecule has 0 atom stereocenters. The molecular formula is C15H20O4. The van der Waals surface area contributed by atoms with E-state index in [0.717, 1.165) is 11.3 Å². The Morgan fingerprint density at radius 2 is 1.95 bits per heavy atom. The molecule has 4 nitrogen and oxygen atoms in total. The first-order chi connectivity index (χ1) is 8.90. The van der Waals surface area contributed by atoms with Gasteiger partial charge in [-0.1, -0.05) is 13.8 Å². The predicted octanol–water partition coefficient (Wildman–Crippen LogP) is 3.08. The second-order valence-corrected chi connectivity index (χ2v) is 5.00. The first-order valence-corrected chi connectivity index (χ1v) is 6.38. The monoisotopic (exact) mass is 264 g/mol. The van der Waals surface area contributed by atoms with E-state index < -0.39 is 5.97 Å². The highest BCUT2D eigenvalue weighted by molar-refractivity contribution is 5.98. The van der Waals surface area contributed by atoms with Gasteiger partial charge in [0.2, 0.25) is 0 Å². The third-order valence-corrected chi connectivity index (χ3v) is 2.65. The lowest BCUT2D eigenvalue weighted by Crippen LogP contribution is -2.07. The number of carbonyl (C=O) groups is 2. The van der Waals surface area contributed by atoms with E-state index in [2.05, 4.69) is 13.8 Å². The SMILES string of the molecule is Cc1cc(OCC(C)C)ccc1C(=O)CCC(=O)O. The normalized spacial score (nSPS) is 10.5.